The molecule has 1 amide bonds. The molecule has 3 rings (SSSR count). The van der Waals surface area contributed by atoms with Crippen molar-refractivity contribution in [3.8, 4) is 11.6 Å². The van der Waals surface area contributed by atoms with Crippen molar-refractivity contribution in [1.29, 1.82) is 0 Å². The van der Waals surface area contributed by atoms with E-state index in [-0.39, 0.29) is 30.1 Å². The highest BCUT2D eigenvalue weighted by Crippen LogP contribution is 2.38. The number of carbonyl (C=O) groups excluding carboxylic acids is 2. The molecule has 11 heteroatoms. The van der Waals surface area contributed by atoms with Crippen LogP contribution < -0.4 is 9.47 Å². The van der Waals surface area contributed by atoms with Crippen molar-refractivity contribution in [3.63, 3.8) is 0 Å². The van der Waals surface area contributed by atoms with Crippen LogP contribution in [0.25, 0.3) is 11.0 Å². The monoisotopic (exact) mass is 549 g/mol. The molecule has 1 aromatic carbocycles. The predicted molar refractivity (Wildman–Crippen MR) is 141 cm³/mol. The number of nitrogens with zero attached hydrogens (tertiary/aromatic N) is 3. The standard InChI is InChI=1S/C28H37F2N3O6/c1-9-18-21(14-33(26(35)39-27(5,6)7)22(18)25(34)37-15-16(3)4)38-24-23(28(29,30)10-2)31-19-12-11-17(36-8)13-20(19)32-24/h10-13,16,18,21-22H,2,9,14-15H2,1,3-8H3/t18-,21+,22+/m1/s1. The Kier molecular flexibility index (Phi) is 9.02. The summed E-state index contributed by atoms with van der Waals surface area (Å²) < 4.78 is 52.3. The molecule has 1 aliphatic heterocycles. The molecule has 1 aromatic heterocycles. The van der Waals surface area contributed by atoms with E-state index >= 15 is 0 Å². The number of esters is 1. The van der Waals surface area contributed by atoms with E-state index in [0.29, 0.717) is 18.2 Å². The van der Waals surface area contributed by atoms with Crippen LogP contribution in [0, 0.1) is 11.8 Å². The number of hydrogen-bond donors (Lipinski definition) is 0. The SMILES string of the molecule is C=CC(F)(F)c1nc2ccc(OC)cc2nc1O[C@H]1CN(C(=O)OC(C)(C)C)[C@H](C(=O)OCC(C)C)[C@@H]1CC. The highest BCUT2D eigenvalue weighted by atomic mass is 19.3. The quantitative estimate of drug-likeness (QED) is 0.298. The number of likely N-dealkylation sites (tertiary alicyclic amines) is 1. The maximum atomic E-state index is 15.0. The molecule has 0 spiro atoms. The third-order valence-corrected chi connectivity index (χ3v) is 6.17. The molecule has 0 bridgehead atoms. The Bertz CT molecular complexity index is 1210. The third kappa shape index (κ3) is 6.93. The Morgan fingerprint density at radius 3 is 2.46 bits per heavy atom. The summed E-state index contributed by atoms with van der Waals surface area (Å²) in [6.45, 7) is 14.0. The number of allylic oxidation sites excluding steroid dienone is 1. The van der Waals surface area contributed by atoms with Gasteiger partial charge >= 0.3 is 18.0 Å². The Morgan fingerprint density at radius 1 is 1.21 bits per heavy atom. The molecule has 1 fully saturated rings. The number of alkyl halides is 2. The first-order valence-corrected chi connectivity index (χ1v) is 12.9. The number of halogens is 2. The van der Waals surface area contributed by atoms with E-state index in [4.69, 9.17) is 18.9 Å². The minimum Gasteiger partial charge on any atom is -0.497 e. The Hall–Kier alpha value is -3.50. The molecule has 0 saturated carbocycles. The zero-order chi connectivity index (χ0) is 29.1. The summed E-state index contributed by atoms with van der Waals surface area (Å²) in [7, 11) is 1.47. The molecule has 0 aliphatic carbocycles. The summed E-state index contributed by atoms with van der Waals surface area (Å²) in [4.78, 5) is 36.1. The van der Waals surface area contributed by atoms with Crippen LogP contribution in [-0.2, 0) is 20.2 Å². The van der Waals surface area contributed by atoms with E-state index in [1.54, 1.807) is 32.9 Å². The number of amides is 1. The summed E-state index contributed by atoms with van der Waals surface area (Å²) >= 11 is 0. The fourth-order valence-electron chi connectivity index (χ4n) is 4.32. The zero-order valence-corrected chi connectivity index (χ0v) is 23.5. The second-order valence-corrected chi connectivity index (χ2v) is 10.9. The second kappa shape index (κ2) is 11.7. The van der Waals surface area contributed by atoms with Crippen LogP contribution in [0.5, 0.6) is 11.6 Å². The van der Waals surface area contributed by atoms with Gasteiger partial charge in [-0.25, -0.2) is 19.6 Å². The van der Waals surface area contributed by atoms with E-state index in [1.165, 1.54) is 18.1 Å². The van der Waals surface area contributed by atoms with Gasteiger partial charge in [0.1, 0.15) is 23.5 Å². The van der Waals surface area contributed by atoms with Gasteiger partial charge in [0.25, 0.3) is 0 Å². The van der Waals surface area contributed by atoms with Crippen LogP contribution in [0.1, 0.15) is 53.7 Å². The van der Waals surface area contributed by atoms with Crippen LogP contribution >= 0.6 is 0 Å². The maximum absolute atomic E-state index is 15.0. The predicted octanol–water partition coefficient (Wildman–Crippen LogP) is 5.51. The lowest BCUT2D eigenvalue weighted by Crippen LogP contribution is -2.46. The van der Waals surface area contributed by atoms with E-state index in [2.05, 4.69) is 16.5 Å². The van der Waals surface area contributed by atoms with Gasteiger partial charge in [-0.3, -0.25) is 4.90 Å². The number of carbonyl (C=O) groups is 2. The first-order valence-electron chi connectivity index (χ1n) is 12.9. The number of aromatic nitrogens is 2. The summed E-state index contributed by atoms with van der Waals surface area (Å²) in [5.74, 6) is -4.65. The molecule has 2 aromatic rings. The van der Waals surface area contributed by atoms with Gasteiger partial charge in [0.05, 0.1) is 31.3 Å². The van der Waals surface area contributed by atoms with E-state index in [0.717, 1.165) is 0 Å². The lowest BCUT2D eigenvalue weighted by Gasteiger charge is -2.29. The molecular formula is C28H37F2N3O6. The molecular weight excluding hydrogens is 512 g/mol. The minimum atomic E-state index is -3.56. The van der Waals surface area contributed by atoms with Crippen molar-refractivity contribution >= 4 is 23.1 Å². The fourth-order valence-corrected chi connectivity index (χ4v) is 4.32. The molecule has 1 saturated heterocycles. The van der Waals surface area contributed by atoms with Crippen molar-refractivity contribution in [3.05, 3.63) is 36.5 Å². The first kappa shape index (κ1) is 30.0. The molecule has 9 nitrogen and oxygen atoms in total. The van der Waals surface area contributed by atoms with Crippen LogP contribution in [0.15, 0.2) is 30.9 Å². The molecule has 1 aliphatic rings. The van der Waals surface area contributed by atoms with Crippen LogP contribution in [0.3, 0.4) is 0 Å². The zero-order valence-electron chi connectivity index (χ0n) is 23.5. The molecule has 3 atom stereocenters. The van der Waals surface area contributed by atoms with E-state index in [9.17, 15) is 18.4 Å². The topological polar surface area (TPSA) is 100 Å². The first-order chi connectivity index (χ1) is 18.2. The molecule has 0 N–H and O–H groups in total. The average molecular weight is 550 g/mol. The van der Waals surface area contributed by atoms with Crippen LogP contribution in [0.2, 0.25) is 0 Å². The number of rotatable bonds is 9. The molecule has 0 unspecified atom stereocenters. The second-order valence-electron chi connectivity index (χ2n) is 10.9. The molecule has 214 valence electrons. The average Bonchev–Trinajstić information content (AvgIpc) is 3.23. The number of hydrogen-bond acceptors (Lipinski definition) is 8. The molecule has 39 heavy (non-hydrogen) atoms. The van der Waals surface area contributed by atoms with E-state index < -0.39 is 53.2 Å². The van der Waals surface area contributed by atoms with Gasteiger partial charge in [-0.05, 0) is 51.3 Å². The van der Waals surface area contributed by atoms with Crippen molar-refractivity contribution < 1.29 is 37.3 Å². The van der Waals surface area contributed by atoms with Gasteiger partial charge in [-0.15, -0.1) is 0 Å². The largest absolute Gasteiger partial charge is 0.497 e. The summed E-state index contributed by atoms with van der Waals surface area (Å²) in [5, 5.41) is 0. The van der Waals surface area contributed by atoms with E-state index in [1.807, 2.05) is 20.8 Å². The van der Waals surface area contributed by atoms with Gasteiger partial charge in [0.15, 0.2) is 5.69 Å². The van der Waals surface area contributed by atoms with Gasteiger partial charge < -0.3 is 18.9 Å². The highest BCUT2D eigenvalue weighted by molar-refractivity contribution is 5.83. The summed E-state index contributed by atoms with van der Waals surface area (Å²) in [5.41, 5.74) is -1.06. The smallest absolute Gasteiger partial charge is 0.411 e. The van der Waals surface area contributed by atoms with Crippen LogP contribution in [0.4, 0.5) is 13.6 Å². The molecule has 2 heterocycles. The Labute approximate surface area is 227 Å². The van der Waals surface area contributed by atoms with Gasteiger partial charge in [-0.2, -0.15) is 8.78 Å². The lowest BCUT2D eigenvalue weighted by atomic mass is 9.95. The van der Waals surface area contributed by atoms with Crippen molar-refractivity contribution in [2.24, 2.45) is 11.8 Å². The number of ether oxygens (including phenoxy) is 4. The lowest BCUT2D eigenvalue weighted by molar-refractivity contribution is -0.151. The summed E-state index contributed by atoms with van der Waals surface area (Å²) in [6, 6.07) is 3.62. The van der Waals surface area contributed by atoms with Gasteiger partial charge in [0.2, 0.25) is 5.88 Å². The van der Waals surface area contributed by atoms with Crippen molar-refractivity contribution in [1.82, 2.24) is 14.9 Å². The molecule has 0 radical (unpaired) electrons. The van der Waals surface area contributed by atoms with Crippen LogP contribution in [-0.4, -0.2) is 64.9 Å². The van der Waals surface area contributed by atoms with Gasteiger partial charge in [-0.1, -0.05) is 27.4 Å². The summed E-state index contributed by atoms with van der Waals surface area (Å²) in [6.07, 6.45) is -0.766. The van der Waals surface area contributed by atoms with Crippen molar-refractivity contribution in [2.45, 2.75) is 71.6 Å². The van der Waals surface area contributed by atoms with Gasteiger partial charge in [0, 0.05) is 12.0 Å². The fraction of sp³-hybridized carbons (Fsp3) is 0.571. The number of fused-ring (bicyclic) bond motifs is 1. The number of methoxy groups -OCH3 is 1. The maximum Gasteiger partial charge on any atom is 0.411 e. The Morgan fingerprint density at radius 2 is 1.90 bits per heavy atom. The third-order valence-electron chi connectivity index (χ3n) is 6.17. The Balaban J connectivity index is 2.06. The minimum absolute atomic E-state index is 0.0750. The number of benzene rings is 1. The highest BCUT2D eigenvalue weighted by Gasteiger charge is 2.51. The normalized spacial score (nSPS) is 19.7. The van der Waals surface area contributed by atoms with Crippen molar-refractivity contribution in [2.75, 3.05) is 20.3 Å².